The third-order valence-corrected chi connectivity index (χ3v) is 4.63. The molecule has 0 fully saturated rings. The number of hydrogen-bond donors (Lipinski definition) is 1. The summed E-state index contributed by atoms with van der Waals surface area (Å²) < 4.78 is 1.96. The molecule has 0 radical (unpaired) electrons. The van der Waals surface area contributed by atoms with Gasteiger partial charge in [-0.15, -0.1) is 0 Å². The number of carbonyl (C=O) groups excluding carboxylic acids is 2. The molecule has 1 atom stereocenters. The lowest BCUT2D eigenvalue weighted by atomic mass is 10.1. The first kappa shape index (κ1) is 19.0. The molecule has 3 heterocycles. The van der Waals surface area contributed by atoms with Gasteiger partial charge < -0.3 is 14.8 Å². The number of carbonyl (C=O) groups is 2. The first-order valence-electron chi connectivity index (χ1n) is 9.27. The van der Waals surface area contributed by atoms with Crippen molar-refractivity contribution in [3.05, 3.63) is 41.5 Å². The van der Waals surface area contributed by atoms with E-state index in [1.54, 1.807) is 18.6 Å². The van der Waals surface area contributed by atoms with Gasteiger partial charge in [-0.05, 0) is 19.8 Å². The van der Waals surface area contributed by atoms with Crippen LogP contribution in [0.2, 0.25) is 0 Å². The Morgan fingerprint density at radius 3 is 2.70 bits per heavy atom. The van der Waals surface area contributed by atoms with E-state index in [1.165, 1.54) is 0 Å². The monoisotopic (exact) mass is 370 g/mol. The zero-order valence-corrected chi connectivity index (χ0v) is 16.3. The Hall–Kier alpha value is -2.77. The summed E-state index contributed by atoms with van der Waals surface area (Å²) in [6, 6.07) is -0.144. The highest BCUT2D eigenvalue weighted by molar-refractivity contribution is 5.92. The molecule has 0 spiro atoms. The van der Waals surface area contributed by atoms with E-state index in [0.717, 1.165) is 11.5 Å². The molecule has 0 aromatic carbocycles. The van der Waals surface area contributed by atoms with E-state index in [4.69, 9.17) is 0 Å². The first-order valence-corrected chi connectivity index (χ1v) is 9.27. The highest BCUT2D eigenvalue weighted by Crippen LogP contribution is 2.26. The van der Waals surface area contributed by atoms with Gasteiger partial charge in [0.2, 0.25) is 5.91 Å². The fourth-order valence-corrected chi connectivity index (χ4v) is 3.18. The molecule has 2 aromatic heterocycles. The van der Waals surface area contributed by atoms with Crippen LogP contribution in [-0.4, -0.2) is 42.8 Å². The zero-order chi connectivity index (χ0) is 19.6. The van der Waals surface area contributed by atoms with Crippen LogP contribution in [0.5, 0.6) is 0 Å². The first-order chi connectivity index (χ1) is 12.8. The molecule has 27 heavy (non-hydrogen) atoms. The van der Waals surface area contributed by atoms with Crippen LogP contribution in [-0.2, 0) is 17.9 Å². The number of aromatic nitrogens is 4. The maximum absolute atomic E-state index is 12.5. The van der Waals surface area contributed by atoms with Gasteiger partial charge in [-0.1, -0.05) is 13.8 Å². The van der Waals surface area contributed by atoms with Gasteiger partial charge in [0.15, 0.2) is 0 Å². The summed E-state index contributed by atoms with van der Waals surface area (Å²) in [5.41, 5.74) is 1.88. The third-order valence-electron chi connectivity index (χ3n) is 4.63. The number of amides is 2. The average Bonchev–Trinajstić information content (AvgIpc) is 3.06. The van der Waals surface area contributed by atoms with Crippen molar-refractivity contribution in [1.29, 1.82) is 0 Å². The van der Waals surface area contributed by atoms with E-state index >= 15 is 0 Å². The van der Waals surface area contributed by atoms with Crippen LogP contribution in [0.3, 0.4) is 0 Å². The average molecular weight is 370 g/mol. The van der Waals surface area contributed by atoms with Gasteiger partial charge in [0.25, 0.3) is 5.91 Å². The number of rotatable bonds is 5. The van der Waals surface area contributed by atoms with Crippen LogP contribution >= 0.6 is 0 Å². The van der Waals surface area contributed by atoms with Crippen molar-refractivity contribution in [3.8, 4) is 0 Å². The second kappa shape index (κ2) is 7.85. The summed E-state index contributed by atoms with van der Waals surface area (Å²) in [5, 5.41) is 2.82. The van der Waals surface area contributed by atoms with Gasteiger partial charge in [0.1, 0.15) is 11.5 Å². The van der Waals surface area contributed by atoms with Crippen molar-refractivity contribution in [2.75, 3.05) is 6.54 Å². The van der Waals surface area contributed by atoms with E-state index in [0.29, 0.717) is 43.4 Å². The Morgan fingerprint density at radius 1 is 1.26 bits per heavy atom. The lowest BCUT2D eigenvalue weighted by Gasteiger charge is -2.34. The minimum Gasteiger partial charge on any atom is -0.345 e. The van der Waals surface area contributed by atoms with E-state index in [2.05, 4.69) is 20.3 Å². The molecular weight excluding hydrogens is 344 g/mol. The molecule has 0 saturated carbocycles. The quantitative estimate of drug-likeness (QED) is 0.867. The number of fused-ring (bicyclic) bond motifs is 1. The van der Waals surface area contributed by atoms with Crippen LogP contribution in [0.15, 0.2) is 18.6 Å². The van der Waals surface area contributed by atoms with Crippen LogP contribution < -0.4 is 5.32 Å². The molecule has 8 heteroatoms. The molecule has 144 valence electrons. The van der Waals surface area contributed by atoms with Crippen LogP contribution in [0.1, 0.15) is 60.9 Å². The predicted octanol–water partition coefficient (Wildman–Crippen LogP) is 1.86. The summed E-state index contributed by atoms with van der Waals surface area (Å²) in [6.45, 7) is 9.47. The molecule has 1 aliphatic rings. The van der Waals surface area contributed by atoms with Gasteiger partial charge in [-0.3, -0.25) is 19.6 Å². The molecule has 8 nitrogen and oxygen atoms in total. The standard InChI is InChI=1S/C19H26N6O2/c1-12(2)7-17(26)25-6-5-24-11-16(23-18(24)14(25)4)19(27)22-10-15-9-20-13(3)8-21-15/h8-9,11-12,14H,5-7,10H2,1-4H3,(H,22,27)/t14-/m0/s1. The maximum Gasteiger partial charge on any atom is 0.271 e. The van der Waals surface area contributed by atoms with Crippen LogP contribution in [0, 0.1) is 12.8 Å². The Balaban J connectivity index is 1.67. The van der Waals surface area contributed by atoms with Gasteiger partial charge in [0.05, 0.1) is 30.2 Å². The van der Waals surface area contributed by atoms with Gasteiger partial charge >= 0.3 is 0 Å². The second-order valence-electron chi connectivity index (χ2n) is 7.37. The molecule has 3 rings (SSSR count). The zero-order valence-electron chi connectivity index (χ0n) is 16.3. The Morgan fingerprint density at radius 2 is 2.04 bits per heavy atom. The van der Waals surface area contributed by atoms with Gasteiger partial charge in [-0.2, -0.15) is 0 Å². The predicted molar refractivity (Wildman–Crippen MR) is 99.7 cm³/mol. The largest absolute Gasteiger partial charge is 0.345 e. The minimum atomic E-state index is -0.258. The van der Waals surface area contributed by atoms with Crippen molar-refractivity contribution in [3.63, 3.8) is 0 Å². The molecular formula is C19H26N6O2. The SMILES string of the molecule is Cc1cnc(CNC(=O)c2cn3c(n2)[C@H](C)N(C(=O)CC(C)C)CC3)cn1. The van der Waals surface area contributed by atoms with Crippen molar-refractivity contribution in [2.24, 2.45) is 5.92 Å². The van der Waals surface area contributed by atoms with Crippen LogP contribution in [0.4, 0.5) is 0 Å². The normalized spacial score (nSPS) is 16.3. The molecule has 1 aliphatic heterocycles. The van der Waals surface area contributed by atoms with Gasteiger partial charge in [0, 0.05) is 31.9 Å². The van der Waals surface area contributed by atoms with Crippen LogP contribution in [0.25, 0.3) is 0 Å². The fraction of sp³-hybridized carbons (Fsp3) is 0.526. The lowest BCUT2D eigenvalue weighted by Crippen LogP contribution is -2.41. The number of nitrogens with one attached hydrogen (secondary N) is 1. The maximum atomic E-state index is 12.5. The van der Waals surface area contributed by atoms with Crippen molar-refractivity contribution in [2.45, 2.75) is 53.2 Å². The fourth-order valence-electron chi connectivity index (χ4n) is 3.18. The number of hydrogen-bond acceptors (Lipinski definition) is 5. The van der Waals surface area contributed by atoms with Crippen molar-refractivity contribution < 1.29 is 9.59 Å². The molecule has 0 unspecified atom stereocenters. The second-order valence-corrected chi connectivity index (χ2v) is 7.37. The van der Waals surface area contributed by atoms with Crippen molar-refractivity contribution in [1.82, 2.24) is 29.7 Å². The highest BCUT2D eigenvalue weighted by Gasteiger charge is 2.30. The summed E-state index contributed by atoms with van der Waals surface area (Å²) in [4.78, 5) is 39.6. The minimum absolute atomic E-state index is 0.135. The highest BCUT2D eigenvalue weighted by atomic mass is 16.2. The Labute approximate surface area is 159 Å². The summed E-state index contributed by atoms with van der Waals surface area (Å²) >= 11 is 0. The summed E-state index contributed by atoms with van der Waals surface area (Å²) in [7, 11) is 0. The van der Waals surface area contributed by atoms with Gasteiger partial charge in [-0.25, -0.2) is 4.98 Å². The van der Waals surface area contributed by atoms with E-state index in [9.17, 15) is 9.59 Å². The van der Waals surface area contributed by atoms with E-state index < -0.39 is 0 Å². The topological polar surface area (TPSA) is 93.0 Å². The third kappa shape index (κ3) is 4.32. The molecule has 0 aliphatic carbocycles. The van der Waals surface area contributed by atoms with Crippen molar-refractivity contribution >= 4 is 11.8 Å². The molecule has 0 saturated heterocycles. The number of aryl methyl sites for hydroxylation is 1. The summed E-state index contributed by atoms with van der Waals surface area (Å²) in [5.74, 6) is 0.943. The molecule has 0 bridgehead atoms. The molecule has 2 aromatic rings. The molecule has 1 N–H and O–H groups in total. The summed E-state index contributed by atoms with van der Waals surface area (Å²) in [6.07, 6.45) is 5.59. The van der Waals surface area contributed by atoms with E-state index in [1.807, 2.05) is 37.2 Å². The number of nitrogens with zero attached hydrogens (tertiary/aromatic N) is 5. The smallest absolute Gasteiger partial charge is 0.271 e. The Kier molecular flexibility index (Phi) is 5.53. The lowest BCUT2D eigenvalue weighted by molar-refractivity contribution is -0.135. The van der Waals surface area contributed by atoms with E-state index in [-0.39, 0.29) is 17.9 Å². The number of imidazole rings is 1. The molecule has 2 amide bonds. The Bertz CT molecular complexity index is 827.